The fourth-order valence-corrected chi connectivity index (χ4v) is 3.12. The molecular weight excluding hydrogens is 328 g/mol. The van der Waals surface area contributed by atoms with Crippen LogP contribution in [-0.4, -0.2) is 23.4 Å². The first-order chi connectivity index (χ1) is 12.6. The number of fused-ring (bicyclic) bond motifs is 1. The quantitative estimate of drug-likeness (QED) is 0.729. The first kappa shape index (κ1) is 16.1. The van der Waals surface area contributed by atoms with E-state index in [-0.39, 0.29) is 12.5 Å². The maximum atomic E-state index is 12.9. The van der Waals surface area contributed by atoms with Gasteiger partial charge < -0.3 is 9.73 Å². The topological polar surface area (TPSA) is 62.6 Å². The van der Waals surface area contributed by atoms with Gasteiger partial charge in [0.2, 0.25) is 0 Å². The number of amides is 3. The van der Waals surface area contributed by atoms with Crippen molar-refractivity contribution in [3.05, 3.63) is 78.1 Å². The van der Waals surface area contributed by atoms with Crippen LogP contribution in [0.2, 0.25) is 0 Å². The highest BCUT2D eigenvalue weighted by Gasteiger charge is 2.50. The molecule has 4 rings (SSSR count). The summed E-state index contributed by atoms with van der Waals surface area (Å²) >= 11 is 0. The van der Waals surface area contributed by atoms with Gasteiger partial charge in [0.15, 0.2) is 5.54 Å². The lowest BCUT2D eigenvalue weighted by molar-refractivity contribution is -0.131. The van der Waals surface area contributed by atoms with Crippen molar-refractivity contribution >= 4 is 29.0 Å². The Kier molecular flexibility index (Phi) is 3.84. The normalized spacial score (nSPS) is 20.3. The second kappa shape index (κ2) is 6.19. The Bertz CT molecular complexity index is 973. The Morgan fingerprint density at radius 1 is 1.08 bits per heavy atom. The van der Waals surface area contributed by atoms with E-state index in [0.717, 1.165) is 10.9 Å². The average Bonchev–Trinajstić information content (AvgIpc) is 3.18. The van der Waals surface area contributed by atoms with Crippen LogP contribution in [0.5, 0.6) is 0 Å². The predicted molar refractivity (Wildman–Crippen MR) is 99.3 cm³/mol. The van der Waals surface area contributed by atoms with Crippen LogP contribution in [0.3, 0.4) is 0 Å². The molecule has 0 radical (unpaired) electrons. The molecule has 5 heteroatoms. The number of para-hydroxylation sites is 1. The Labute approximate surface area is 150 Å². The monoisotopic (exact) mass is 346 g/mol. The van der Waals surface area contributed by atoms with Gasteiger partial charge >= 0.3 is 6.03 Å². The van der Waals surface area contributed by atoms with Gasteiger partial charge in [-0.05, 0) is 24.6 Å². The summed E-state index contributed by atoms with van der Waals surface area (Å²) in [4.78, 5) is 26.5. The average molecular weight is 346 g/mol. The summed E-state index contributed by atoms with van der Waals surface area (Å²) < 4.78 is 5.82. The van der Waals surface area contributed by atoms with E-state index in [4.69, 9.17) is 4.42 Å². The van der Waals surface area contributed by atoms with E-state index in [1.54, 1.807) is 19.1 Å². The second-order valence-corrected chi connectivity index (χ2v) is 6.43. The van der Waals surface area contributed by atoms with Crippen LogP contribution in [0.25, 0.3) is 17.0 Å². The molecule has 1 unspecified atom stereocenters. The largest absolute Gasteiger partial charge is 0.458 e. The van der Waals surface area contributed by atoms with Gasteiger partial charge in [0.05, 0.1) is 0 Å². The minimum absolute atomic E-state index is 0.204. The molecule has 1 N–H and O–H groups in total. The van der Waals surface area contributed by atoms with Crippen LogP contribution in [0.15, 0.2) is 71.2 Å². The van der Waals surface area contributed by atoms with Crippen LogP contribution in [0, 0.1) is 0 Å². The highest BCUT2D eigenvalue weighted by atomic mass is 16.3. The van der Waals surface area contributed by atoms with Crippen molar-refractivity contribution in [2.75, 3.05) is 6.54 Å². The smallest absolute Gasteiger partial charge is 0.325 e. The lowest BCUT2D eigenvalue weighted by atomic mass is 9.99. The van der Waals surface area contributed by atoms with E-state index in [1.807, 2.05) is 60.7 Å². The van der Waals surface area contributed by atoms with E-state index in [0.29, 0.717) is 11.3 Å². The molecule has 26 heavy (non-hydrogen) atoms. The van der Waals surface area contributed by atoms with Crippen LogP contribution < -0.4 is 5.32 Å². The fraction of sp³-hybridized carbons (Fsp3) is 0.143. The number of urea groups is 1. The molecule has 5 nitrogen and oxygen atoms in total. The van der Waals surface area contributed by atoms with Crippen molar-refractivity contribution in [3.63, 3.8) is 0 Å². The summed E-state index contributed by atoms with van der Waals surface area (Å²) in [5.74, 6) is 0.117. The third-order valence-electron chi connectivity index (χ3n) is 4.59. The van der Waals surface area contributed by atoms with Gasteiger partial charge in [0, 0.05) is 11.9 Å². The van der Waals surface area contributed by atoms with Crippen molar-refractivity contribution in [3.8, 4) is 0 Å². The highest BCUT2D eigenvalue weighted by molar-refractivity contribution is 6.07. The van der Waals surface area contributed by atoms with Crippen molar-refractivity contribution in [2.45, 2.75) is 12.5 Å². The molecule has 1 saturated heterocycles. The number of carbonyl (C=O) groups is 2. The van der Waals surface area contributed by atoms with Crippen LogP contribution >= 0.6 is 0 Å². The number of nitrogens with one attached hydrogen (secondary N) is 1. The summed E-state index contributed by atoms with van der Waals surface area (Å²) in [6.45, 7) is 1.88. The second-order valence-electron chi connectivity index (χ2n) is 6.43. The summed E-state index contributed by atoms with van der Waals surface area (Å²) in [6.07, 6.45) is 3.69. The highest BCUT2D eigenvalue weighted by Crippen LogP contribution is 2.32. The minimum atomic E-state index is -1.20. The molecule has 1 atom stereocenters. The predicted octanol–water partition coefficient (Wildman–Crippen LogP) is 3.91. The van der Waals surface area contributed by atoms with Gasteiger partial charge in [-0.25, -0.2) is 4.79 Å². The van der Waals surface area contributed by atoms with Crippen molar-refractivity contribution in [1.82, 2.24) is 10.2 Å². The molecule has 0 spiro atoms. The summed E-state index contributed by atoms with van der Waals surface area (Å²) in [5, 5.41) is 3.66. The fourth-order valence-electron chi connectivity index (χ4n) is 3.12. The molecule has 2 heterocycles. The number of carbonyl (C=O) groups excluding carboxylic acids is 2. The maximum Gasteiger partial charge on any atom is 0.325 e. The third kappa shape index (κ3) is 2.67. The van der Waals surface area contributed by atoms with Crippen LogP contribution in [0.4, 0.5) is 4.79 Å². The molecule has 0 aliphatic carbocycles. The SMILES string of the molecule is CC1(c2cc3ccccc3o2)NC(=O)N(CC=Cc2ccccc2)C1=O. The maximum absolute atomic E-state index is 12.9. The number of furan rings is 1. The van der Waals surface area contributed by atoms with Crippen molar-refractivity contribution in [2.24, 2.45) is 0 Å². The van der Waals surface area contributed by atoms with E-state index in [1.165, 1.54) is 4.90 Å². The number of imide groups is 1. The number of rotatable bonds is 4. The molecular formula is C21H18N2O3. The van der Waals surface area contributed by atoms with Gasteiger partial charge in [-0.15, -0.1) is 0 Å². The Morgan fingerprint density at radius 3 is 2.58 bits per heavy atom. The van der Waals surface area contributed by atoms with Crippen molar-refractivity contribution in [1.29, 1.82) is 0 Å². The van der Waals surface area contributed by atoms with E-state index in [2.05, 4.69) is 5.32 Å². The van der Waals surface area contributed by atoms with E-state index < -0.39 is 11.6 Å². The Hall–Kier alpha value is -3.34. The summed E-state index contributed by atoms with van der Waals surface area (Å²) in [7, 11) is 0. The third-order valence-corrected chi connectivity index (χ3v) is 4.59. The number of benzene rings is 2. The van der Waals surface area contributed by atoms with E-state index >= 15 is 0 Å². The van der Waals surface area contributed by atoms with E-state index in [9.17, 15) is 9.59 Å². The first-order valence-corrected chi connectivity index (χ1v) is 8.43. The van der Waals surface area contributed by atoms with Gasteiger partial charge in [-0.3, -0.25) is 9.69 Å². The van der Waals surface area contributed by atoms with Gasteiger partial charge in [-0.2, -0.15) is 0 Å². The lowest BCUT2D eigenvalue weighted by Crippen LogP contribution is -2.40. The molecule has 1 aliphatic heterocycles. The molecule has 1 fully saturated rings. The number of hydrogen-bond acceptors (Lipinski definition) is 3. The Morgan fingerprint density at radius 2 is 1.81 bits per heavy atom. The standard InChI is InChI=1S/C21H18N2O3/c1-21(18-14-16-11-5-6-12-17(16)26-18)19(24)23(20(25)22-21)13-7-10-15-8-3-2-4-9-15/h2-12,14H,13H2,1H3,(H,22,25). The molecule has 1 aliphatic rings. The molecule has 3 aromatic rings. The van der Waals surface area contributed by atoms with Gasteiger partial charge in [0.25, 0.3) is 5.91 Å². The van der Waals surface area contributed by atoms with Crippen molar-refractivity contribution < 1.29 is 14.0 Å². The van der Waals surface area contributed by atoms with Gasteiger partial charge in [-0.1, -0.05) is 60.7 Å². The lowest BCUT2D eigenvalue weighted by Gasteiger charge is -2.18. The first-order valence-electron chi connectivity index (χ1n) is 8.43. The molecule has 0 bridgehead atoms. The molecule has 1 aromatic heterocycles. The number of hydrogen-bond donors (Lipinski definition) is 1. The Balaban J connectivity index is 1.57. The van der Waals surface area contributed by atoms with Crippen LogP contribution in [-0.2, 0) is 10.3 Å². The molecule has 0 saturated carbocycles. The minimum Gasteiger partial charge on any atom is -0.458 e. The zero-order chi connectivity index (χ0) is 18.1. The zero-order valence-electron chi connectivity index (χ0n) is 14.3. The zero-order valence-corrected chi connectivity index (χ0v) is 14.3. The molecule has 3 amide bonds. The van der Waals surface area contributed by atoms with Crippen LogP contribution in [0.1, 0.15) is 18.2 Å². The summed E-state index contributed by atoms with van der Waals surface area (Å²) in [5.41, 5.74) is 0.504. The van der Waals surface area contributed by atoms with Gasteiger partial charge in [0.1, 0.15) is 11.3 Å². The summed E-state index contributed by atoms with van der Waals surface area (Å²) in [6, 6.07) is 18.6. The number of nitrogens with zero attached hydrogens (tertiary/aromatic N) is 1. The molecule has 2 aromatic carbocycles. The molecule has 130 valence electrons.